The third-order valence-corrected chi connectivity index (χ3v) is 6.05. The average Bonchev–Trinajstić information content (AvgIpc) is 3.11. The smallest absolute Gasteiger partial charge is 0.346 e. The second-order valence-electron chi connectivity index (χ2n) is 7.90. The molecule has 0 unspecified atom stereocenters. The lowest BCUT2D eigenvalue weighted by molar-refractivity contribution is -0.680. The molecular weight excluding hydrogens is 415 g/mol. The Hall–Kier alpha value is -3.88. The van der Waals surface area contributed by atoms with Gasteiger partial charge in [0.1, 0.15) is 17.9 Å². The summed E-state index contributed by atoms with van der Waals surface area (Å²) in [6, 6.07) is 11.4. The van der Waals surface area contributed by atoms with Crippen molar-refractivity contribution in [2.45, 2.75) is 20.4 Å². The molecular formula is C23H24FN4O4+. The molecule has 1 aliphatic heterocycles. The summed E-state index contributed by atoms with van der Waals surface area (Å²) in [5, 5.41) is 20.8. The van der Waals surface area contributed by atoms with Crippen LogP contribution in [-0.4, -0.2) is 40.3 Å². The van der Waals surface area contributed by atoms with E-state index in [2.05, 4.69) is 0 Å². The van der Waals surface area contributed by atoms with E-state index in [9.17, 15) is 19.8 Å². The van der Waals surface area contributed by atoms with Gasteiger partial charge in [0.15, 0.2) is 12.4 Å². The van der Waals surface area contributed by atoms with Crippen LogP contribution >= 0.6 is 0 Å². The number of carboxylic acid groups (broad SMARTS) is 2. The van der Waals surface area contributed by atoms with Crippen LogP contribution in [0.3, 0.4) is 0 Å². The minimum Gasteiger partial charge on any atom is -0.480 e. The maximum absolute atomic E-state index is 16.2. The SMILES string of the molecule is Cc1c(C)[n+](C)c(C(F)=C2N(C)c3cc4ccccc4cc3N2CC(=O)O)n1CC(=O)O. The molecule has 3 aromatic rings. The van der Waals surface area contributed by atoms with Gasteiger partial charge in [-0.3, -0.25) is 4.79 Å². The summed E-state index contributed by atoms with van der Waals surface area (Å²) >= 11 is 0. The van der Waals surface area contributed by atoms with Gasteiger partial charge in [-0.25, -0.2) is 13.9 Å². The van der Waals surface area contributed by atoms with Gasteiger partial charge in [0, 0.05) is 20.9 Å². The maximum atomic E-state index is 16.2. The predicted molar refractivity (Wildman–Crippen MR) is 118 cm³/mol. The van der Waals surface area contributed by atoms with Crippen molar-refractivity contribution in [1.82, 2.24) is 4.57 Å². The number of fused-ring (bicyclic) bond motifs is 2. The van der Waals surface area contributed by atoms with Gasteiger partial charge < -0.3 is 20.0 Å². The fourth-order valence-electron chi connectivity index (χ4n) is 4.30. The number of halogens is 1. The quantitative estimate of drug-likeness (QED) is 0.595. The number of aliphatic carboxylic acids is 2. The van der Waals surface area contributed by atoms with Crippen LogP contribution in [0.2, 0.25) is 0 Å². The molecule has 0 aliphatic carbocycles. The molecule has 1 aliphatic rings. The van der Waals surface area contributed by atoms with Gasteiger partial charge in [0.05, 0.1) is 18.4 Å². The zero-order valence-corrected chi connectivity index (χ0v) is 18.3. The second kappa shape index (κ2) is 7.67. The van der Waals surface area contributed by atoms with E-state index in [-0.39, 0.29) is 11.6 Å². The first-order chi connectivity index (χ1) is 15.1. The van der Waals surface area contributed by atoms with Crippen molar-refractivity contribution in [1.29, 1.82) is 0 Å². The molecule has 4 rings (SSSR count). The van der Waals surface area contributed by atoms with Gasteiger partial charge in [0.2, 0.25) is 0 Å². The van der Waals surface area contributed by atoms with Crippen LogP contribution in [0.5, 0.6) is 0 Å². The van der Waals surface area contributed by atoms with Crippen molar-refractivity contribution in [2.24, 2.45) is 7.05 Å². The highest BCUT2D eigenvalue weighted by molar-refractivity contribution is 5.99. The molecule has 0 bridgehead atoms. The Labute approximate surface area is 184 Å². The molecule has 0 fully saturated rings. The lowest BCUT2D eigenvalue weighted by Crippen LogP contribution is -2.37. The van der Waals surface area contributed by atoms with Gasteiger partial charge in [-0.15, -0.1) is 0 Å². The van der Waals surface area contributed by atoms with E-state index in [0.717, 1.165) is 10.8 Å². The Balaban J connectivity index is 1.99. The largest absolute Gasteiger partial charge is 0.480 e. The lowest BCUT2D eigenvalue weighted by Gasteiger charge is -2.21. The normalized spacial score (nSPS) is 14.8. The first kappa shape index (κ1) is 21.4. The highest BCUT2D eigenvalue weighted by Gasteiger charge is 2.39. The molecule has 2 N–H and O–H groups in total. The number of imidazole rings is 1. The van der Waals surface area contributed by atoms with E-state index in [1.54, 1.807) is 37.4 Å². The molecule has 2 heterocycles. The maximum Gasteiger partial charge on any atom is 0.346 e. The van der Waals surface area contributed by atoms with E-state index in [4.69, 9.17) is 0 Å². The number of hydrogen-bond acceptors (Lipinski definition) is 4. The van der Waals surface area contributed by atoms with E-state index in [1.165, 1.54) is 9.47 Å². The molecule has 0 amide bonds. The minimum atomic E-state index is -1.11. The number of carbonyl (C=O) groups is 2. The highest BCUT2D eigenvalue weighted by atomic mass is 19.1. The van der Waals surface area contributed by atoms with Crippen molar-refractivity contribution < 1.29 is 28.8 Å². The topological polar surface area (TPSA) is 89.9 Å². The summed E-state index contributed by atoms with van der Waals surface area (Å²) in [6.07, 6.45) is 0. The minimum absolute atomic E-state index is 0.0532. The Kier molecular flexibility index (Phi) is 5.12. The standard InChI is InChI=1S/C23H23FN4O4/c1-13-14(2)27(11-19(29)30)22(25(13)3)21(24)23-26(4)17-9-15-7-5-6-8-16(15)10-18(17)28(23)12-20(31)32/h5-10H,11-12H2,1-4H3,(H-,29,30,31,32)/p+1. The summed E-state index contributed by atoms with van der Waals surface area (Å²) in [5.74, 6) is -2.79. The fourth-order valence-corrected chi connectivity index (χ4v) is 4.30. The third kappa shape index (κ3) is 3.26. The molecule has 0 saturated carbocycles. The summed E-state index contributed by atoms with van der Waals surface area (Å²) in [6.45, 7) is 2.65. The van der Waals surface area contributed by atoms with Crippen LogP contribution in [0.15, 0.2) is 42.2 Å². The number of nitrogens with zero attached hydrogens (tertiary/aromatic N) is 4. The van der Waals surface area contributed by atoms with Crippen LogP contribution in [0.1, 0.15) is 17.2 Å². The van der Waals surface area contributed by atoms with Gasteiger partial charge in [-0.2, -0.15) is 4.39 Å². The Bertz CT molecular complexity index is 1310. The van der Waals surface area contributed by atoms with Crippen LogP contribution in [0.4, 0.5) is 15.8 Å². The van der Waals surface area contributed by atoms with E-state index in [1.807, 2.05) is 36.4 Å². The number of hydrogen-bond donors (Lipinski definition) is 2. The van der Waals surface area contributed by atoms with E-state index >= 15 is 4.39 Å². The number of carboxylic acids is 2. The zero-order valence-electron chi connectivity index (χ0n) is 18.3. The van der Waals surface area contributed by atoms with Crippen LogP contribution < -0.4 is 14.4 Å². The Morgan fingerprint density at radius 2 is 1.56 bits per heavy atom. The predicted octanol–water partition coefficient (Wildman–Crippen LogP) is 2.80. The molecule has 166 valence electrons. The summed E-state index contributed by atoms with van der Waals surface area (Å²) in [4.78, 5) is 26.2. The van der Waals surface area contributed by atoms with Crippen molar-refractivity contribution >= 4 is 39.9 Å². The number of benzene rings is 2. The zero-order chi connectivity index (χ0) is 23.3. The first-order valence-corrected chi connectivity index (χ1v) is 10.0. The van der Waals surface area contributed by atoms with Crippen molar-refractivity contribution in [3.63, 3.8) is 0 Å². The highest BCUT2D eigenvalue weighted by Crippen LogP contribution is 2.45. The van der Waals surface area contributed by atoms with Crippen molar-refractivity contribution in [2.75, 3.05) is 23.4 Å². The lowest BCUT2D eigenvalue weighted by atomic mass is 10.1. The third-order valence-electron chi connectivity index (χ3n) is 6.05. The van der Waals surface area contributed by atoms with Gasteiger partial charge in [-0.1, -0.05) is 24.3 Å². The summed E-state index contributed by atoms with van der Waals surface area (Å²) in [7, 11) is 3.34. The molecule has 9 heteroatoms. The van der Waals surface area contributed by atoms with Gasteiger partial charge >= 0.3 is 17.8 Å². The number of aromatic nitrogens is 2. The summed E-state index contributed by atoms with van der Waals surface area (Å²) < 4.78 is 19.2. The second-order valence-corrected chi connectivity index (χ2v) is 7.90. The molecule has 0 saturated heterocycles. The molecule has 0 atom stereocenters. The van der Waals surface area contributed by atoms with Crippen molar-refractivity contribution in [3.8, 4) is 0 Å². The molecule has 32 heavy (non-hydrogen) atoms. The molecule has 1 aromatic heterocycles. The van der Waals surface area contributed by atoms with Crippen LogP contribution in [0, 0.1) is 13.8 Å². The molecule has 2 aromatic carbocycles. The van der Waals surface area contributed by atoms with E-state index in [0.29, 0.717) is 22.8 Å². The van der Waals surface area contributed by atoms with Crippen LogP contribution in [-0.2, 0) is 23.2 Å². The van der Waals surface area contributed by atoms with Crippen molar-refractivity contribution in [3.05, 3.63) is 59.4 Å². The average molecular weight is 439 g/mol. The number of rotatable bonds is 5. The van der Waals surface area contributed by atoms with Gasteiger partial charge in [-0.05, 0) is 22.9 Å². The Morgan fingerprint density at radius 3 is 2.12 bits per heavy atom. The van der Waals surface area contributed by atoms with Gasteiger partial charge in [0.25, 0.3) is 5.83 Å². The fraction of sp³-hybridized carbons (Fsp3) is 0.261. The number of anilines is 2. The summed E-state index contributed by atoms with van der Waals surface area (Å²) in [5.41, 5.74) is 2.58. The molecule has 0 spiro atoms. The first-order valence-electron chi connectivity index (χ1n) is 10.0. The monoisotopic (exact) mass is 439 g/mol. The Morgan fingerprint density at radius 1 is 1.00 bits per heavy atom. The molecule has 0 radical (unpaired) electrons. The van der Waals surface area contributed by atoms with E-state index < -0.39 is 30.9 Å². The van der Waals surface area contributed by atoms with Crippen LogP contribution in [0.25, 0.3) is 16.6 Å². The molecule has 8 nitrogen and oxygen atoms in total.